The zero-order chi connectivity index (χ0) is 12.8. The van der Waals surface area contributed by atoms with Gasteiger partial charge in [0.2, 0.25) is 0 Å². The Hall–Kier alpha value is -1.74. The number of aryl methyl sites for hydroxylation is 1. The van der Waals surface area contributed by atoms with E-state index in [0.717, 1.165) is 25.3 Å². The second-order valence-corrected chi connectivity index (χ2v) is 4.46. The number of rotatable bonds is 6. The van der Waals surface area contributed by atoms with Crippen LogP contribution in [-0.4, -0.2) is 18.2 Å². The Kier molecular flexibility index (Phi) is 4.42. The van der Waals surface area contributed by atoms with E-state index >= 15 is 0 Å². The van der Waals surface area contributed by atoms with E-state index in [0.29, 0.717) is 0 Å². The van der Waals surface area contributed by atoms with E-state index in [1.807, 2.05) is 19.2 Å². The lowest BCUT2D eigenvalue weighted by Gasteiger charge is -2.05. The maximum atomic E-state index is 5.21. The average molecular weight is 244 g/mol. The number of nitrogens with zero attached hydrogens (tertiary/aromatic N) is 1. The van der Waals surface area contributed by atoms with Crippen LogP contribution >= 0.6 is 0 Å². The molecule has 2 rings (SSSR count). The fourth-order valence-electron chi connectivity index (χ4n) is 1.96. The molecule has 0 aliphatic heterocycles. The van der Waals surface area contributed by atoms with Crippen LogP contribution in [0.4, 0.5) is 0 Å². The molecule has 1 aromatic heterocycles. The lowest BCUT2D eigenvalue weighted by molar-refractivity contribution is 0.414. The van der Waals surface area contributed by atoms with Crippen LogP contribution in [0.1, 0.15) is 11.1 Å². The standard InChI is InChI=1S/C15H20N2O/c1-17-9-7-14(12-17)11-16-8-6-13-4-3-5-15(10-13)18-2/h3-5,7,9-10,12,16H,6,8,11H2,1-2H3. The highest BCUT2D eigenvalue weighted by atomic mass is 16.5. The van der Waals surface area contributed by atoms with Crippen LogP contribution in [0.15, 0.2) is 42.7 Å². The number of benzene rings is 1. The van der Waals surface area contributed by atoms with Crippen LogP contribution in [0.5, 0.6) is 5.75 Å². The quantitative estimate of drug-likeness (QED) is 0.790. The van der Waals surface area contributed by atoms with Gasteiger partial charge in [0, 0.05) is 26.0 Å². The fraction of sp³-hybridized carbons (Fsp3) is 0.333. The molecule has 0 unspecified atom stereocenters. The summed E-state index contributed by atoms with van der Waals surface area (Å²) in [6, 6.07) is 10.4. The van der Waals surface area contributed by atoms with Crippen molar-refractivity contribution in [3.63, 3.8) is 0 Å². The van der Waals surface area contributed by atoms with E-state index < -0.39 is 0 Å². The van der Waals surface area contributed by atoms with Gasteiger partial charge < -0.3 is 14.6 Å². The molecule has 1 aromatic carbocycles. The summed E-state index contributed by atoms with van der Waals surface area (Å²) in [5.41, 5.74) is 2.62. The van der Waals surface area contributed by atoms with Crippen LogP contribution in [0, 0.1) is 0 Å². The Bertz CT molecular complexity index is 491. The summed E-state index contributed by atoms with van der Waals surface area (Å²) < 4.78 is 7.28. The van der Waals surface area contributed by atoms with Gasteiger partial charge in [-0.3, -0.25) is 0 Å². The molecular formula is C15H20N2O. The lowest BCUT2D eigenvalue weighted by Crippen LogP contribution is -2.16. The van der Waals surface area contributed by atoms with Crippen molar-refractivity contribution in [2.24, 2.45) is 7.05 Å². The number of hydrogen-bond acceptors (Lipinski definition) is 2. The van der Waals surface area contributed by atoms with E-state index in [1.165, 1.54) is 11.1 Å². The van der Waals surface area contributed by atoms with Crippen molar-refractivity contribution in [2.45, 2.75) is 13.0 Å². The highest BCUT2D eigenvalue weighted by Gasteiger charge is 1.97. The molecule has 96 valence electrons. The van der Waals surface area contributed by atoms with Gasteiger partial charge in [-0.15, -0.1) is 0 Å². The molecule has 0 aliphatic carbocycles. The van der Waals surface area contributed by atoms with Gasteiger partial charge in [-0.2, -0.15) is 0 Å². The van der Waals surface area contributed by atoms with Gasteiger partial charge in [0.1, 0.15) is 5.75 Å². The van der Waals surface area contributed by atoms with Crippen molar-refractivity contribution >= 4 is 0 Å². The van der Waals surface area contributed by atoms with E-state index in [9.17, 15) is 0 Å². The van der Waals surface area contributed by atoms with Gasteiger partial charge in [0.05, 0.1) is 7.11 Å². The predicted octanol–water partition coefficient (Wildman–Crippen LogP) is 2.37. The molecule has 0 atom stereocenters. The second-order valence-electron chi connectivity index (χ2n) is 4.46. The Labute approximate surface area is 108 Å². The third-order valence-electron chi connectivity index (χ3n) is 2.95. The smallest absolute Gasteiger partial charge is 0.119 e. The largest absolute Gasteiger partial charge is 0.497 e. The van der Waals surface area contributed by atoms with Gasteiger partial charge >= 0.3 is 0 Å². The fourth-order valence-corrected chi connectivity index (χ4v) is 1.96. The Balaban J connectivity index is 1.74. The first-order chi connectivity index (χ1) is 8.78. The van der Waals surface area contributed by atoms with Gasteiger partial charge in [0.25, 0.3) is 0 Å². The first-order valence-corrected chi connectivity index (χ1v) is 6.22. The van der Waals surface area contributed by atoms with Crippen molar-refractivity contribution < 1.29 is 4.74 Å². The van der Waals surface area contributed by atoms with Crippen LogP contribution < -0.4 is 10.1 Å². The first-order valence-electron chi connectivity index (χ1n) is 6.22. The van der Waals surface area contributed by atoms with Crippen molar-refractivity contribution in [3.8, 4) is 5.75 Å². The summed E-state index contributed by atoms with van der Waals surface area (Å²) in [5.74, 6) is 0.926. The SMILES string of the molecule is COc1cccc(CCNCc2ccn(C)c2)c1. The first kappa shape index (κ1) is 12.7. The van der Waals surface area contributed by atoms with Crippen molar-refractivity contribution in [1.29, 1.82) is 0 Å². The van der Waals surface area contributed by atoms with Crippen LogP contribution in [0.3, 0.4) is 0 Å². The minimum absolute atomic E-state index is 0.921. The molecule has 0 saturated carbocycles. The van der Waals surface area contributed by atoms with Crippen molar-refractivity contribution in [1.82, 2.24) is 9.88 Å². The minimum Gasteiger partial charge on any atom is -0.497 e. The number of methoxy groups -OCH3 is 1. The van der Waals surface area contributed by atoms with Crippen LogP contribution in [-0.2, 0) is 20.0 Å². The molecule has 1 N–H and O–H groups in total. The molecule has 0 spiro atoms. The van der Waals surface area contributed by atoms with Crippen LogP contribution in [0.2, 0.25) is 0 Å². The topological polar surface area (TPSA) is 26.2 Å². The van der Waals surface area contributed by atoms with Crippen molar-refractivity contribution in [2.75, 3.05) is 13.7 Å². The van der Waals surface area contributed by atoms with E-state index in [4.69, 9.17) is 4.74 Å². The monoisotopic (exact) mass is 244 g/mol. The molecule has 0 fully saturated rings. The molecule has 0 radical (unpaired) electrons. The normalized spacial score (nSPS) is 10.6. The molecule has 0 saturated heterocycles. The molecular weight excluding hydrogens is 224 g/mol. The van der Waals surface area contributed by atoms with Gasteiger partial charge in [0.15, 0.2) is 0 Å². The minimum atomic E-state index is 0.921. The van der Waals surface area contributed by atoms with Gasteiger partial charge in [-0.05, 0) is 42.3 Å². The molecule has 1 heterocycles. The molecule has 3 nitrogen and oxygen atoms in total. The number of hydrogen-bond donors (Lipinski definition) is 1. The highest BCUT2D eigenvalue weighted by molar-refractivity contribution is 5.28. The summed E-state index contributed by atoms with van der Waals surface area (Å²) in [5, 5.41) is 3.45. The Morgan fingerprint density at radius 2 is 2.11 bits per heavy atom. The third kappa shape index (κ3) is 3.64. The summed E-state index contributed by atoms with van der Waals surface area (Å²) >= 11 is 0. The molecule has 2 aromatic rings. The number of ether oxygens (including phenoxy) is 1. The second kappa shape index (κ2) is 6.26. The van der Waals surface area contributed by atoms with Gasteiger partial charge in [-0.25, -0.2) is 0 Å². The van der Waals surface area contributed by atoms with Gasteiger partial charge in [-0.1, -0.05) is 12.1 Å². The molecule has 0 aliphatic rings. The zero-order valence-electron chi connectivity index (χ0n) is 11.0. The summed E-state index contributed by atoms with van der Waals surface area (Å²) in [4.78, 5) is 0. The zero-order valence-corrected chi connectivity index (χ0v) is 11.0. The van der Waals surface area contributed by atoms with E-state index in [-0.39, 0.29) is 0 Å². The predicted molar refractivity (Wildman–Crippen MR) is 73.8 cm³/mol. The van der Waals surface area contributed by atoms with E-state index in [2.05, 4.69) is 40.5 Å². The lowest BCUT2D eigenvalue weighted by atomic mass is 10.1. The summed E-state index contributed by atoms with van der Waals surface area (Å²) in [6.07, 6.45) is 5.22. The van der Waals surface area contributed by atoms with Crippen molar-refractivity contribution in [3.05, 3.63) is 53.9 Å². The number of nitrogens with one attached hydrogen (secondary N) is 1. The highest BCUT2D eigenvalue weighted by Crippen LogP contribution is 2.12. The van der Waals surface area contributed by atoms with E-state index in [1.54, 1.807) is 7.11 Å². The molecule has 18 heavy (non-hydrogen) atoms. The Morgan fingerprint density at radius 1 is 1.22 bits per heavy atom. The molecule has 0 amide bonds. The van der Waals surface area contributed by atoms with Crippen LogP contribution in [0.25, 0.3) is 0 Å². The average Bonchev–Trinajstić information content (AvgIpc) is 2.81. The Morgan fingerprint density at radius 3 is 2.83 bits per heavy atom. The summed E-state index contributed by atoms with van der Waals surface area (Å²) in [7, 11) is 3.74. The number of aromatic nitrogens is 1. The maximum absolute atomic E-state index is 5.21. The summed E-state index contributed by atoms with van der Waals surface area (Å²) in [6.45, 7) is 1.90. The molecule has 3 heteroatoms. The molecule has 0 bridgehead atoms. The maximum Gasteiger partial charge on any atom is 0.119 e. The third-order valence-corrected chi connectivity index (χ3v) is 2.95.